The highest BCUT2D eigenvalue weighted by Crippen LogP contribution is 2.46. The standard InChI is InChI=1S/C36H51N9S.C2H6.C2H2/c1-7-10-29(24(5)28-12-8-13-31-33(28)30(21-37)35(40)46-31)34(39)36-43-26(14-15-27-11-9-18-45(27)6)20-32(44-36)41-17-16-25(38)19-23(4)42-22(2)3;2*1-2/h16-17,20,22,27-28,39,42H,4,7-15,18-19,38,40H2,1-3,5-6H3;1-2H3;1-2H/b25-16-,29-24+,39-34?,41-17?;;/t27-,28+;;/m0../s1. The SMILES string of the molecule is C#C.C=C(C/C(N)=C/C=Nc1cc(CC[C@@H]2CCCN2C)nc(C(=N)/C(CCC)=C(\C)[C@H]2CCCc3sc(N)c(C#N)c32)n1)NC(C)C.CC. The van der Waals surface area contributed by atoms with E-state index in [9.17, 15) is 10.7 Å². The molecule has 2 atom stereocenters. The third kappa shape index (κ3) is 11.4. The second-order valence-electron chi connectivity index (χ2n) is 13.0. The number of terminal acetylenes is 1. The summed E-state index contributed by atoms with van der Waals surface area (Å²) in [7, 11) is 2.19. The van der Waals surface area contributed by atoms with Crippen LogP contribution in [0.4, 0.5) is 10.8 Å². The van der Waals surface area contributed by atoms with Gasteiger partial charge in [-0.05, 0) is 103 Å². The number of aromatic nitrogens is 2. The van der Waals surface area contributed by atoms with Crippen molar-refractivity contribution in [3.63, 3.8) is 0 Å². The van der Waals surface area contributed by atoms with Crippen LogP contribution in [0.1, 0.15) is 126 Å². The first-order chi connectivity index (χ1) is 24.0. The summed E-state index contributed by atoms with van der Waals surface area (Å²) in [5.74, 6) is 0.957. The summed E-state index contributed by atoms with van der Waals surface area (Å²) < 4.78 is 0. The lowest BCUT2D eigenvalue weighted by atomic mass is 9.78. The van der Waals surface area contributed by atoms with Crippen LogP contribution < -0.4 is 16.8 Å². The van der Waals surface area contributed by atoms with E-state index >= 15 is 0 Å². The van der Waals surface area contributed by atoms with E-state index in [1.54, 1.807) is 23.6 Å². The van der Waals surface area contributed by atoms with Gasteiger partial charge in [-0.15, -0.1) is 24.2 Å². The van der Waals surface area contributed by atoms with E-state index in [-0.39, 0.29) is 5.92 Å². The van der Waals surface area contributed by atoms with Crippen LogP contribution in [0.3, 0.4) is 0 Å². The summed E-state index contributed by atoms with van der Waals surface area (Å²) in [5, 5.41) is 23.3. The average Bonchev–Trinajstić information content (AvgIpc) is 3.67. The van der Waals surface area contributed by atoms with Gasteiger partial charge in [0, 0.05) is 58.7 Å². The van der Waals surface area contributed by atoms with Crippen molar-refractivity contribution in [2.24, 2.45) is 10.7 Å². The van der Waals surface area contributed by atoms with Gasteiger partial charge < -0.3 is 21.7 Å². The van der Waals surface area contributed by atoms with E-state index in [2.05, 4.69) is 75.4 Å². The fourth-order valence-electron chi connectivity index (χ4n) is 6.76. The van der Waals surface area contributed by atoms with Crippen molar-refractivity contribution in [3.05, 3.63) is 68.8 Å². The first-order valence-corrected chi connectivity index (χ1v) is 18.8. The monoisotopic (exact) mass is 697 g/mol. The molecule has 1 fully saturated rings. The van der Waals surface area contributed by atoms with Crippen LogP contribution in [0.15, 0.2) is 46.3 Å². The van der Waals surface area contributed by atoms with Crippen molar-refractivity contribution in [2.45, 2.75) is 124 Å². The molecule has 0 aromatic carbocycles. The summed E-state index contributed by atoms with van der Waals surface area (Å²) in [6, 6.07) is 5.12. The number of fused-ring (bicyclic) bond motifs is 1. The molecular formula is C40H59N9S. The second-order valence-corrected chi connectivity index (χ2v) is 14.1. The molecule has 1 aliphatic carbocycles. The number of allylic oxidation sites excluding steroid dienone is 3. The van der Waals surface area contributed by atoms with Crippen molar-refractivity contribution in [1.82, 2.24) is 20.2 Å². The molecule has 270 valence electrons. The van der Waals surface area contributed by atoms with Crippen LogP contribution in [0.25, 0.3) is 0 Å². The van der Waals surface area contributed by atoms with E-state index < -0.39 is 0 Å². The zero-order valence-corrected chi connectivity index (χ0v) is 32.2. The highest BCUT2D eigenvalue weighted by molar-refractivity contribution is 7.16. The lowest BCUT2D eigenvalue weighted by molar-refractivity contribution is 0.296. The van der Waals surface area contributed by atoms with Crippen LogP contribution in [0.2, 0.25) is 0 Å². The number of nitrogens with zero attached hydrogens (tertiary/aromatic N) is 5. The predicted octanol–water partition coefficient (Wildman–Crippen LogP) is 8.35. The van der Waals surface area contributed by atoms with Crippen LogP contribution in [-0.4, -0.2) is 52.5 Å². The van der Waals surface area contributed by atoms with Gasteiger partial charge in [-0.3, -0.25) is 5.41 Å². The van der Waals surface area contributed by atoms with Crippen molar-refractivity contribution < 1.29 is 0 Å². The Bertz CT molecular complexity index is 1600. The number of aliphatic imine (C=N–C) groups is 1. The summed E-state index contributed by atoms with van der Waals surface area (Å²) in [6.45, 7) is 17.6. The largest absolute Gasteiger partial charge is 0.402 e. The van der Waals surface area contributed by atoms with Gasteiger partial charge in [0.25, 0.3) is 0 Å². The van der Waals surface area contributed by atoms with Crippen LogP contribution in [0, 0.1) is 29.6 Å². The number of hydrogen-bond acceptors (Lipinski definition) is 10. The molecule has 9 nitrogen and oxygen atoms in total. The van der Waals surface area contributed by atoms with E-state index in [0.29, 0.717) is 52.1 Å². The third-order valence-electron chi connectivity index (χ3n) is 9.01. The molecule has 0 bridgehead atoms. The number of likely N-dealkylation sites (tertiary alicyclic amines) is 1. The second kappa shape index (κ2) is 21.1. The maximum Gasteiger partial charge on any atom is 0.180 e. The number of hydrogen-bond donors (Lipinski definition) is 4. The van der Waals surface area contributed by atoms with Crippen LogP contribution in [0.5, 0.6) is 0 Å². The smallest absolute Gasteiger partial charge is 0.180 e. The molecular weight excluding hydrogens is 639 g/mol. The van der Waals surface area contributed by atoms with E-state index in [1.165, 1.54) is 17.7 Å². The molecule has 10 heteroatoms. The maximum absolute atomic E-state index is 9.94. The van der Waals surface area contributed by atoms with E-state index in [1.807, 2.05) is 19.9 Å². The molecule has 3 heterocycles. The number of nitrogens with one attached hydrogen (secondary N) is 2. The summed E-state index contributed by atoms with van der Waals surface area (Å²) in [4.78, 5) is 18.0. The molecule has 0 saturated carbocycles. The highest BCUT2D eigenvalue weighted by atomic mass is 32.1. The molecule has 0 spiro atoms. The van der Waals surface area contributed by atoms with Crippen molar-refractivity contribution in [2.75, 3.05) is 19.3 Å². The van der Waals surface area contributed by atoms with Gasteiger partial charge in [-0.1, -0.05) is 39.3 Å². The van der Waals surface area contributed by atoms with Crippen molar-refractivity contribution in [3.8, 4) is 18.9 Å². The summed E-state index contributed by atoms with van der Waals surface area (Å²) in [5.41, 5.74) is 19.0. The third-order valence-corrected chi connectivity index (χ3v) is 10.1. The van der Waals surface area contributed by atoms with Gasteiger partial charge in [0.1, 0.15) is 16.8 Å². The zero-order chi connectivity index (χ0) is 37.4. The lowest BCUT2D eigenvalue weighted by Crippen LogP contribution is -2.25. The van der Waals surface area contributed by atoms with Gasteiger partial charge in [-0.2, -0.15) is 5.26 Å². The molecule has 2 aromatic rings. The van der Waals surface area contributed by atoms with E-state index in [4.69, 9.17) is 21.4 Å². The predicted molar refractivity (Wildman–Crippen MR) is 213 cm³/mol. The molecule has 0 unspecified atom stereocenters. The molecule has 0 amide bonds. The number of thiophene rings is 1. The van der Waals surface area contributed by atoms with Gasteiger partial charge in [-0.25, -0.2) is 15.0 Å². The van der Waals surface area contributed by atoms with Crippen molar-refractivity contribution >= 4 is 34.1 Å². The molecule has 1 saturated heterocycles. The minimum atomic E-state index is 0.0560. The fraction of sp³-hybridized carbons (Fsp3) is 0.525. The van der Waals surface area contributed by atoms with Crippen molar-refractivity contribution in [1.29, 1.82) is 10.7 Å². The maximum atomic E-state index is 9.94. The van der Waals surface area contributed by atoms with Crippen LogP contribution >= 0.6 is 11.3 Å². The molecule has 50 heavy (non-hydrogen) atoms. The normalized spacial score (nSPS) is 17.9. The molecule has 6 N–H and O–H groups in total. The molecule has 2 aliphatic rings. The summed E-state index contributed by atoms with van der Waals surface area (Å²) >= 11 is 1.54. The number of anilines is 1. The lowest BCUT2D eigenvalue weighted by Gasteiger charge is -2.26. The number of nitriles is 1. The van der Waals surface area contributed by atoms with Gasteiger partial charge in [0.15, 0.2) is 11.6 Å². The molecule has 4 rings (SSSR count). The Hall–Kier alpha value is -4.25. The quantitative estimate of drug-likeness (QED) is 0.114. The topological polar surface area (TPSA) is 153 Å². The van der Waals surface area contributed by atoms with Gasteiger partial charge in [0.05, 0.1) is 5.56 Å². The Morgan fingerprint density at radius 1 is 1.28 bits per heavy atom. The fourth-order valence-corrected chi connectivity index (χ4v) is 7.88. The first-order valence-electron chi connectivity index (χ1n) is 18.0. The number of aryl methyl sites for hydroxylation is 2. The Morgan fingerprint density at radius 3 is 2.62 bits per heavy atom. The minimum absolute atomic E-state index is 0.0560. The average molecular weight is 698 g/mol. The zero-order valence-electron chi connectivity index (χ0n) is 31.4. The molecule has 1 aliphatic heterocycles. The first kappa shape index (κ1) is 41.9. The Morgan fingerprint density at radius 2 is 2.00 bits per heavy atom. The Kier molecular flexibility index (Phi) is 17.7. The van der Waals surface area contributed by atoms with Gasteiger partial charge >= 0.3 is 0 Å². The van der Waals surface area contributed by atoms with Crippen LogP contribution in [-0.2, 0) is 12.8 Å². The number of nitrogen functional groups attached to an aromatic ring is 1. The summed E-state index contributed by atoms with van der Waals surface area (Å²) in [6.07, 6.45) is 20.7. The van der Waals surface area contributed by atoms with E-state index in [0.717, 1.165) is 79.6 Å². The number of nitrogens with two attached hydrogens (primary N) is 2. The number of rotatable bonds is 14. The Labute approximate surface area is 305 Å². The molecule has 2 aromatic heterocycles. The molecule has 0 radical (unpaired) electrons. The Balaban J connectivity index is 0.00000209. The van der Waals surface area contributed by atoms with Gasteiger partial charge in [0.2, 0.25) is 0 Å². The minimum Gasteiger partial charge on any atom is -0.402 e. The highest BCUT2D eigenvalue weighted by Gasteiger charge is 2.31.